The van der Waals surface area contributed by atoms with Crippen LogP contribution in [0.2, 0.25) is 0 Å². The minimum absolute atomic E-state index is 0.0302. The minimum Gasteiger partial charge on any atom is -0.483 e. The number of halogens is 1. The van der Waals surface area contributed by atoms with E-state index in [9.17, 15) is 9.59 Å². The highest BCUT2D eigenvalue weighted by Gasteiger charge is 2.35. The Morgan fingerprint density at radius 2 is 2.08 bits per heavy atom. The van der Waals surface area contributed by atoms with Crippen molar-refractivity contribution in [2.75, 3.05) is 13.2 Å². The molecule has 1 atom stereocenters. The lowest BCUT2D eigenvalue weighted by molar-refractivity contribution is 0.0456. The van der Waals surface area contributed by atoms with Gasteiger partial charge < -0.3 is 19.4 Å². The van der Waals surface area contributed by atoms with Crippen molar-refractivity contribution in [1.82, 2.24) is 9.88 Å². The van der Waals surface area contributed by atoms with Crippen LogP contribution in [-0.2, 0) is 18.0 Å². The second kappa shape index (κ2) is 6.07. The third-order valence-electron chi connectivity index (χ3n) is 4.26. The van der Waals surface area contributed by atoms with Crippen LogP contribution >= 0.6 is 15.9 Å². The van der Waals surface area contributed by atoms with Crippen LogP contribution < -0.4 is 15.5 Å². The van der Waals surface area contributed by atoms with E-state index in [1.54, 1.807) is 0 Å². The van der Waals surface area contributed by atoms with E-state index in [1.165, 1.54) is 0 Å². The first-order chi connectivity index (χ1) is 11.7. The van der Waals surface area contributed by atoms with E-state index >= 15 is 0 Å². The average Bonchev–Trinajstić information content (AvgIpc) is 2.62. The monoisotopic (exact) mass is 390 g/mol. The second-order valence-electron chi connectivity index (χ2n) is 5.79. The van der Waals surface area contributed by atoms with E-state index in [2.05, 4.69) is 21.2 Å². The third-order valence-corrected chi connectivity index (χ3v) is 5.08. The highest BCUT2D eigenvalue weighted by atomic mass is 79.9. The summed E-state index contributed by atoms with van der Waals surface area (Å²) >= 11 is 3.35. The summed E-state index contributed by atoms with van der Waals surface area (Å²) in [5.41, 5.74) is 1.58. The van der Waals surface area contributed by atoms with Crippen molar-refractivity contribution >= 4 is 21.8 Å². The Hall–Kier alpha value is -2.12. The van der Waals surface area contributed by atoms with E-state index in [0.717, 1.165) is 5.56 Å². The number of carbonyl (C=O) groups excluding carboxylic acids is 1. The molecule has 2 aliphatic rings. The lowest BCUT2D eigenvalue weighted by Gasteiger charge is -2.35. The van der Waals surface area contributed by atoms with Crippen molar-refractivity contribution in [2.24, 2.45) is 0 Å². The molecular weight excluding hydrogens is 376 g/mol. The number of hydrogen-bond donors (Lipinski definition) is 1. The second-order valence-corrected chi connectivity index (χ2v) is 6.58. The Kier molecular flexibility index (Phi) is 3.90. The third kappa shape index (κ3) is 2.44. The average molecular weight is 391 g/mol. The van der Waals surface area contributed by atoms with Crippen molar-refractivity contribution in [3.8, 4) is 5.75 Å². The van der Waals surface area contributed by atoms with Gasteiger partial charge in [0.2, 0.25) is 5.43 Å². The maximum atomic E-state index is 12.7. The molecule has 0 saturated carbocycles. The first-order valence-corrected chi connectivity index (χ1v) is 8.45. The van der Waals surface area contributed by atoms with E-state index in [1.807, 2.05) is 34.9 Å². The van der Waals surface area contributed by atoms with Crippen LogP contribution in [0.25, 0.3) is 0 Å². The van der Waals surface area contributed by atoms with Crippen LogP contribution in [0.1, 0.15) is 27.8 Å². The fourth-order valence-electron chi connectivity index (χ4n) is 3.11. The SMILES string of the molecule is O=C1NC[C@@H]2COCc3c(Br)c(=O)c(OCc4ccccc4)c1n32. The van der Waals surface area contributed by atoms with Crippen molar-refractivity contribution in [1.29, 1.82) is 0 Å². The molecule has 0 radical (unpaired) electrons. The van der Waals surface area contributed by atoms with Crippen molar-refractivity contribution < 1.29 is 14.3 Å². The van der Waals surface area contributed by atoms with E-state index in [-0.39, 0.29) is 35.4 Å². The first kappa shape index (κ1) is 15.4. The number of ether oxygens (including phenoxy) is 2. The summed E-state index contributed by atoms with van der Waals surface area (Å²) in [5, 5.41) is 2.81. The molecule has 2 aromatic rings. The van der Waals surface area contributed by atoms with Gasteiger partial charge in [0, 0.05) is 6.54 Å². The summed E-state index contributed by atoms with van der Waals surface area (Å²) in [6, 6.07) is 9.50. The van der Waals surface area contributed by atoms with Crippen LogP contribution in [0.5, 0.6) is 5.75 Å². The van der Waals surface area contributed by atoms with Crippen LogP contribution in [0.4, 0.5) is 0 Å². The van der Waals surface area contributed by atoms with E-state index in [4.69, 9.17) is 9.47 Å². The number of benzene rings is 1. The number of carbonyl (C=O) groups is 1. The fraction of sp³-hybridized carbons (Fsp3) is 0.294. The van der Waals surface area contributed by atoms with Gasteiger partial charge in [-0.05, 0) is 21.5 Å². The molecule has 1 amide bonds. The molecule has 7 heteroatoms. The van der Waals surface area contributed by atoms with Crippen LogP contribution in [-0.4, -0.2) is 23.6 Å². The Morgan fingerprint density at radius 3 is 2.88 bits per heavy atom. The zero-order valence-electron chi connectivity index (χ0n) is 12.8. The maximum absolute atomic E-state index is 12.7. The topological polar surface area (TPSA) is 69.6 Å². The molecule has 1 N–H and O–H groups in total. The van der Waals surface area contributed by atoms with Gasteiger partial charge in [0.15, 0.2) is 11.4 Å². The number of hydrogen-bond acceptors (Lipinski definition) is 4. The molecule has 0 fully saturated rings. The number of rotatable bonds is 3. The highest BCUT2D eigenvalue weighted by molar-refractivity contribution is 9.10. The number of amides is 1. The molecule has 0 unspecified atom stereocenters. The molecule has 1 aromatic heterocycles. The molecule has 0 spiro atoms. The Labute approximate surface area is 146 Å². The number of aromatic nitrogens is 1. The van der Waals surface area contributed by atoms with Gasteiger partial charge >= 0.3 is 0 Å². The summed E-state index contributed by atoms with van der Waals surface area (Å²) in [6.45, 7) is 1.49. The van der Waals surface area contributed by atoms with Gasteiger partial charge in [-0.1, -0.05) is 30.3 Å². The van der Waals surface area contributed by atoms with E-state index in [0.29, 0.717) is 29.9 Å². The van der Waals surface area contributed by atoms with Gasteiger partial charge in [-0.2, -0.15) is 0 Å². The maximum Gasteiger partial charge on any atom is 0.272 e. The van der Waals surface area contributed by atoms with Gasteiger partial charge in [-0.15, -0.1) is 0 Å². The molecule has 6 nitrogen and oxygen atoms in total. The minimum atomic E-state index is -0.325. The normalized spacial score (nSPS) is 18.7. The van der Waals surface area contributed by atoms with Crippen LogP contribution in [0.3, 0.4) is 0 Å². The molecule has 0 saturated heterocycles. The number of pyridine rings is 1. The smallest absolute Gasteiger partial charge is 0.272 e. The predicted molar refractivity (Wildman–Crippen MR) is 90.2 cm³/mol. The highest BCUT2D eigenvalue weighted by Crippen LogP contribution is 2.32. The summed E-state index contributed by atoms with van der Waals surface area (Å²) in [4.78, 5) is 25.1. The molecular formula is C17H15BrN2O4. The summed E-state index contributed by atoms with van der Waals surface area (Å²) in [7, 11) is 0. The summed E-state index contributed by atoms with van der Waals surface area (Å²) < 4.78 is 13.6. The molecule has 4 rings (SSSR count). The Morgan fingerprint density at radius 1 is 1.29 bits per heavy atom. The molecule has 24 heavy (non-hydrogen) atoms. The van der Waals surface area contributed by atoms with Crippen molar-refractivity contribution in [3.63, 3.8) is 0 Å². The lowest BCUT2D eigenvalue weighted by Crippen LogP contribution is -2.46. The standard InChI is InChI=1S/C17H15BrN2O4/c18-13-12-9-23-8-11-6-19-17(22)14(20(11)12)16(15(13)21)24-7-10-4-2-1-3-5-10/h1-5,11H,6-9H2,(H,19,22)/t11-/m1/s1. The van der Waals surface area contributed by atoms with Crippen LogP contribution in [0.15, 0.2) is 39.6 Å². The molecule has 0 aliphatic carbocycles. The van der Waals surface area contributed by atoms with Gasteiger partial charge in [-0.3, -0.25) is 9.59 Å². The lowest BCUT2D eigenvalue weighted by atomic mass is 10.1. The van der Waals surface area contributed by atoms with Crippen molar-refractivity contribution in [2.45, 2.75) is 19.3 Å². The fourth-order valence-corrected chi connectivity index (χ4v) is 3.60. The molecule has 3 heterocycles. The number of nitrogens with one attached hydrogen (secondary N) is 1. The van der Waals surface area contributed by atoms with Gasteiger partial charge in [-0.25, -0.2) is 0 Å². The Balaban J connectivity index is 1.82. The summed E-state index contributed by atoms with van der Waals surface area (Å²) in [5.74, 6) is -0.208. The largest absolute Gasteiger partial charge is 0.483 e. The quantitative estimate of drug-likeness (QED) is 0.869. The Bertz CT molecular complexity index is 863. The first-order valence-electron chi connectivity index (χ1n) is 7.66. The van der Waals surface area contributed by atoms with E-state index < -0.39 is 0 Å². The molecule has 124 valence electrons. The van der Waals surface area contributed by atoms with Gasteiger partial charge in [0.05, 0.1) is 29.4 Å². The van der Waals surface area contributed by atoms with Gasteiger partial charge in [0.25, 0.3) is 5.91 Å². The number of nitrogens with zero attached hydrogens (tertiary/aromatic N) is 1. The van der Waals surface area contributed by atoms with Crippen molar-refractivity contribution in [3.05, 3.63) is 62.0 Å². The summed E-state index contributed by atoms with van der Waals surface area (Å²) in [6.07, 6.45) is 0. The molecule has 2 aliphatic heterocycles. The van der Waals surface area contributed by atoms with Gasteiger partial charge in [0.1, 0.15) is 6.61 Å². The zero-order chi connectivity index (χ0) is 16.7. The molecule has 0 bridgehead atoms. The zero-order valence-corrected chi connectivity index (χ0v) is 14.3. The molecule has 1 aromatic carbocycles. The van der Waals surface area contributed by atoms with Crippen LogP contribution in [0, 0.1) is 0 Å². The predicted octanol–water partition coefficient (Wildman–Crippen LogP) is 2.00.